The van der Waals surface area contributed by atoms with E-state index in [2.05, 4.69) is 13.8 Å². The molecule has 0 aromatic rings. The molecule has 0 aromatic carbocycles. The van der Waals surface area contributed by atoms with Crippen molar-refractivity contribution in [3.8, 4) is 0 Å². The van der Waals surface area contributed by atoms with Crippen molar-refractivity contribution in [3.63, 3.8) is 0 Å². The van der Waals surface area contributed by atoms with Gasteiger partial charge in [0.2, 0.25) is 0 Å². The van der Waals surface area contributed by atoms with Crippen molar-refractivity contribution in [3.05, 3.63) is 0 Å². The van der Waals surface area contributed by atoms with Crippen LogP contribution < -0.4 is 0 Å². The first kappa shape index (κ1) is 25.6. The molecule has 6 nitrogen and oxygen atoms in total. The molecule has 3 atom stereocenters. The van der Waals surface area contributed by atoms with Gasteiger partial charge >= 0.3 is 11.9 Å². The number of esters is 2. The second-order valence-electron chi connectivity index (χ2n) is 9.24. The number of hydrogen-bond acceptors (Lipinski definition) is 6. The van der Waals surface area contributed by atoms with Crippen LogP contribution in [0.4, 0.5) is 0 Å². The van der Waals surface area contributed by atoms with Crippen LogP contribution >= 0.6 is 0 Å². The van der Waals surface area contributed by atoms with Gasteiger partial charge in [-0.2, -0.15) is 0 Å². The van der Waals surface area contributed by atoms with Crippen LogP contribution in [-0.2, 0) is 28.6 Å². The van der Waals surface area contributed by atoms with E-state index in [1.807, 2.05) is 27.7 Å². The summed E-state index contributed by atoms with van der Waals surface area (Å²) in [5.41, 5.74) is -0.562. The predicted molar refractivity (Wildman–Crippen MR) is 111 cm³/mol. The molecule has 0 N–H and O–H groups in total. The van der Waals surface area contributed by atoms with Gasteiger partial charge in [0.1, 0.15) is 12.4 Å². The summed E-state index contributed by atoms with van der Waals surface area (Å²) < 4.78 is 15.8. The summed E-state index contributed by atoms with van der Waals surface area (Å²) >= 11 is 0. The molecule has 0 aromatic heterocycles. The molecule has 0 radical (unpaired) electrons. The fraction of sp³-hybridized carbons (Fsp3) is 0.870. The molecule has 0 saturated heterocycles. The SMILES string of the molecule is CCCOCOC(=O)CC1CCCC(COC(=O)C(C)(CC(C)C)C(C)C)C1=O. The summed E-state index contributed by atoms with van der Waals surface area (Å²) in [5.74, 6) is -0.814. The van der Waals surface area contributed by atoms with Gasteiger partial charge < -0.3 is 14.2 Å². The number of ketones is 1. The first-order valence-corrected chi connectivity index (χ1v) is 11.1. The Balaban J connectivity index is 2.57. The zero-order valence-electron chi connectivity index (χ0n) is 19.1. The minimum absolute atomic E-state index is 0.00517. The van der Waals surface area contributed by atoms with E-state index in [1.165, 1.54) is 0 Å². The van der Waals surface area contributed by atoms with E-state index < -0.39 is 11.4 Å². The molecule has 0 bridgehead atoms. The van der Waals surface area contributed by atoms with Crippen LogP contribution in [0.25, 0.3) is 0 Å². The van der Waals surface area contributed by atoms with Gasteiger partial charge in [0.15, 0.2) is 6.79 Å². The van der Waals surface area contributed by atoms with Gasteiger partial charge in [-0.05, 0) is 44.4 Å². The Morgan fingerprint density at radius 1 is 1.10 bits per heavy atom. The van der Waals surface area contributed by atoms with E-state index in [1.54, 1.807) is 0 Å². The monoisotopic (exact) mass is 412 g/mol. The van der Waals surface area contributed by atoms with Crippen molar-refractivity contribution in [1.82, 2.24) is 0 Å². The van der Waals surface area contributed by atoms with E-state index in [9.17, 15) is 14.4 Å². The molecule has 1 fully saturated rings. The zero-order chi connectivity index (χ0) is 22.0. The number of carbonyl (C=O) groups excluding carboxylic acids is 3. The third-order valence-electron chi connectivity index (χ3n) is 5.96. The fourth-order valence-electron chi connectivity index (χ4n) is 3.91. The Bertz CT molecular complexity index is 541. The third kappa shape index (κ3) is 8.07. The van der Waals surface area contributed by atoms with E-state index in [-0.39, 0.29) is 49.3 Å². The van der Waals surface area contributed by atoms with Crippen LogP contribution in [0.1, 0.15) is 80.1 Å². The van der Waals surface area contributed by atoms with Crippen molar-refractivity contribution < 1.29 is 28.6 Å². The normalized spacial score (nSPS) is 21.9. The second-order valence-corrected chi connectivity index (χ2v) is 9.24. The smallest absolute Gasteiger partial charge is 0.312 e. The molecule has 168 valence electrons. The zero-order valence-corrected chi connectivity index (χ0v) is 19.1. The summed E-state index contributed by atoms with van der Waals surface area (Å²) in [4.78, 5) is 37.5. The highest BCUT2D eigenvalue weighted by Crippen LogP contribution is 2.36. The summed E-state index contributed by atoms with van der Waals surface area (Å²) in [5, 5.41) is 0. The first-order chi connectivity index (χ1) is 13.6. The van der Waals surface area contributed by atoms with Crippen LogP contribution in [0.2, 0.25) is 0 Å². The van der Waals surface area contributed by atoms with E-state index >= 15 is 0 Å². The van der Waals surface area contributed by atoms with Crippen LogP contribution in [0, 0.1) is 29.1 Å². The number of Topliss-reactive ketones (excluding diaryl/α,β-unsaturated/α-hetero) is 1. The fourth-order valence-corrected chi connectivity index (χ4v) is 3.91. The van der Waals surface area contributed by atoms with E-state index in [4.69, 9.17) is 14.2 Å². The van der Waals surface area contributed by atoms with Crippen molar-refractivity contribution >= 4 is 17.7 Å². The summed E-state index contributed by atoms with van der Waals surface area (Å²) in [7, 11) is 0. The Morgan fingerprint density at radius 2 is 1.76 bits per heavy atom. The summed E-state index contributed by atoms with van der Waals surface area (Å²) in [6.45, 7) is 12.7. The standard InChI is InChI=1S/C23H40O6/c1-7-11-27-15-29-20(24)12-18-9-8-10-19(21(18)25)14-28-22(26)23(6,17(4)5)13-16(2)3/h16-19H,7-15H2,1-6H3. The van der Waals surface area contributed by atoms with Crippen LogP contribution in [0.15, 0.2) is 0 Å². The molecule has 0 amide bonds. The maximum absolute atomic E-state index is 12.8. The minimum atomic E-state index is -0.562. The Kier molecular flexibility index (Phi) is 10.9. The van der Waals surface area contributed by atoms with Crippen LogP contribution in [0.5, 0.6) is 0 Å². The number of carbonyl (C=O) groups is 3. The maximum atomic E-state index is 12.8. The van der Waals surface area contributed by atoms with Gasteiger partial charge in [-0.25, -0.2) is 0 Å². The number of hydrogen-bond donors (Lipinski definition) is 0. The number of ether oxygens (including phenoxy) is 3. The van der Waals surface area contributed by atoms with Gasteiger partial charge in [-0.1, -0.05) is 41.0 Å². The molecular formula is C23H40O6. The molecule has 3 unspecified atom stereocenters. The van der Waals surface area contributed by atoms with Gasteiger partial charge in [0, 0.05) is 5.92 Å². The summed E-state index contributed by atoms with van der Waals surface area (Å²) in [6, 6.07) is 0. The second kappa shape index (κ2) is 12.3. The molecule has 1 saturated carbocycles. The molecule has 1 aliphatic rings. The van der Waals surface area contributed by atoms with Crippen molar-refractivity contribution in [2.75, 3.05) is 20.0 Å². The van der Waals surface area contributed by atoms with Crippen LogP contribution in [0.3, 0.4) is 0 Å². The predicted octanol–water partition coefficient (Wildman–Crippen LogP) is 4.54. The molecule has 0 heterocycles. The Labute approximate surface area is 176 Å². The van der Waals surface area contributed by atoms with Crippen molar-refractivity contribution in [1.29, 1.82) is 0 Å². The molecule has 0 aliphatic heterocycles. The van der Waals surface area contributed by atoms with Gasteiger partial charge in [0.05, 0.1) is 24.4 Å². The van der Waals surface area contributed by atoms with Crippen molar-refractivity contribution in [2.45, 2.75) is 80.1 Å². The molecule has 29 heavy (non-hydrogen) atoms. The average Bonchev–Trinajstić information content (AvgIpc) is 2.64. The minimum Gasteiger partial charge on any atom is -0.464 e. The van der Waals surface area contributed by atoms with Crippen LogP contribution in [-0.4, -0.2) is 37.7 Å². The highest BCUT2D eigenvalue weighted by atomic mass is 16.7. The Morgan fingerprint density at radius 3 is 2.34 bits per heavy atom. The molecule has 0 spiro atoms. The lowest BCUT2D eigenvalue weighted by atomic mass is 9.73. The largest absolute Gasteiger partial charge is 0.464 e. The maximum Gasteiger partial charge on any atom is 0.312 e. The van der Waals surface area contributed by atoms with Crippen molar-refractivity contribution in [2.24, 2.45) is 29.1 Å². The van der Waals surface area contributed by atoms with Gasteiger partial charge in [-0.15, -0.1) is 0 Å². The first-order valence-electron chi connectivity index (χ1n) is 11.1. The molecule has 6 heteroatoms. The number of rotatable bonds is 12. The van der Waals surface area contributed by atoms with E-state index in [0.29, 0.717) is 25.4 Å². The lowest BCUT2D eigenvalue weighted by Crippen LogP contribution is -2.39. The quantitative estimate of drug-likeness (QED) is 0.266. The highest BCUT2D eigenvalue weighted by molar-refractivity contribution is 5.88. The van der Waals surface area contributed by atoms with E-state index in [0.717, 1.165) is 19.3 Å². The van der Waals surface area contributed by atoms with Gasteiger partial charge in [0.25, 0.3) is 0 Å². The average molecular weight is 413 g/mol. The van der Waals surface area contributed by atoms with Gasteiger partial charge in [-0.3, -0.25) is 14.4 Å². The topological polar surface area (TPSA) is 78.9 Å². The molecular weight excluding hydrogens is 372 g/mol. The summed E-state index contributed by atoms with van der Waals surface area (Å²) in [6.07, 6.45) is 3.87. The highest BCUT2D eigenvalue weighted by Gasteiger charge is 2.40. The molecule has 1 rings (SSSR count). The Hall–Kier alpha value is -1.43. The molecule has 1 aliphatic carbocycles. The third-order valence-corrected chi connectivity index (χ3v) is 5.96. The lowest BCUT2D eigenvalue weighted by Gasteiger charge is -2.34. The lowest BCUT2D eigenvalue weighted by molar-refractivity contribution is -0.163.